The molecule has 4 heteroatoms. The number of ketones is 1. The molecule has 4 rings (SSSR count). The molecular weight excluding hydrogens is 355 g/mol. The first-order chi connectivity index (χ1) is 13.6. The van der Waals surface area contributed by atoms with E-state index in [0.29, 0.717) is 24.0 Å². The van der Waals surface area contributed by atoms with Gasteiger partial charge in [-0.05, 0) is 29.7 Å². The molecule has 3 aromatic carbocycles. The van der Waals surface area contributed by atoms with E-state index in [1.54, 1.807) is 24.3 Å². The number of benzene rings is 3. The van der Waals surface area contributed by atoms with E-state index in [2.05, 4.69) is 0 Å². The minimum absolute atomic E-state index is 0.258. The maximum atomic E-state index is 14.4. The van der Waals surface area contributed by atoms with Gasteiger partial charge in [-0.25, -0.2) is 4.39 Å². The van der Waals surface area contributed by atoms with Crippen molar-refractivity contribution in [1.29, 1.82) is 0 Å². The van der Waals surface area contributed by atoms with E-state index in [1.807, 2.05) is 36.4 Å². The predicted octanol–water partition coefficient (Wildman–Crippen LogP) is 5.22. The molecule has 0 aliphatic heterocycles. The van der Waals surface area contributed by atoms with Crippen LogP contribution in [0.15, 0.2) is 66.7 Å². The highest BCUT2D eigenvalue weighted by atomic mass is 19.1. The van der Waals surface area contributed by atoms with Gasteiger partial charge in [0, 0.05) is 11.1 Å². The van der Waals surface area contributed by atoms with Crippen LogP contribution in [0.3, 0.4) is 0 Å². The Morgan fingerprint density at radius 2 is 1.57 bits per heavy atom. The first-order valence-corrected chi connectivity index (χ1v) is 9.55. The number of halogens is 1. The lowest BCUT2D eigenvalue weighted by atomic mass is 9.78. The summed E-state index contributed by atoms with van der Waals surface area (Å²) in [5.74, 6) is -1.17. The summed E-state index contributed by atoms with van der Waals surface area (Å²) in [5, 5.41) is 1.79. The number of carbonyl (C=O) groups is 2. The molecule has 1 fully saturated rings. The number of hydrogen-bond donors (Lipinski definition) is 0. The molecule has 1 saturated carbocycles. The average molecular weight is 376 g/mol. The van der Waals surface area contributed by atoms with Crippen molar-refractivity contribution in [3.8, 4) is 0 Å². The molecule has 0 unspecified atom stereocenters. The molecule has 0 atom stereocenters. The largest absolute Gasteiger partial charge is 0.457 e. The maximum absolute atomic E-state index is 14.4. The lowest BCUT2D eigenvalue weighted by Crippen LogP contribution is -2.36. The number of esters is 1. The Morgan fingerprint density at radius 3 is 2.36 bits per heavy atom. The van der Waals surface area contributed by atoms with E-state index < -0.39 is 17.2 Å². The standard InChI is InChI=1S/C24H21FO3/c25-21-13-4-3-12-20(21)24(14-5-6-15-24)23(27)28-16-22(26)19-11-7-9-17-8-1-2-10-18(17)19/h1-4,7-13H,5-6,14-16H2. The highest BCUT2D eigenvalue weighted by Gasteiger charge is 2.45. The minimum Gasteiger partial charge on any atom is -0.457 e. The van der Waals surface area contributed by atoms with Crippen LogP contribution < -0.4 is 0 Å². The van der Waals surface area contributed by atoms with Crippen molar-refractivity contribution in [2.45, 2.75) is 31.1 Å². The molecule has 0 heterocycles. The Balaban J connectivity index is 1.56. The quantitative estimate of drug-likeness (QED) is 0.453. The molecule has 0 amide bonds. The molecule has 3 nitrogen and oxygen atoms in total. The van der Waals surface area contributed by atoms with E-state index in [9.17, 15) is 14.0 Å². The van der Waals surface area contributed by atoms with Gasteiger partial charge in [-0.15, -0.1) is 0 Å². The highest BCUT2D eigenvalue weighted by Crippen LogP contribution is 2.43. The van der Waals surface area contributed by atoms with Crippen molar-refractivity contribution in [2.75, 3.05) is 6.61 Å². The second kappa shape index (κ2) is 7.55. The molecule has 0 aromatic heterocycles. The Hall–Kier alpha value is -3.01. The van der Waals surface area contributed by atoms with Crippen LogP contribution in [0.1, 0.15) is 41.6 Å². The molecule has 0 spiro atoms. The molecule has 1 aliphatic carbocycles. The lowest BCUT2D eigenvalue weighted by molar-refractivity contribution is -0.149. The topological polar surface area (TPSA) is 43.4 Å². The molecular formula is C24H21FO3. The summed E-state index contributed by atoms with van der Waals surface area (Å²) in [4.78, 5) is 25.7. The number of carbonyl (C=O) groups excluding carboxylic acids is 2. The zero-order valence-electron chi connectivity index (χ0n) is 15.5. The number of rotatable bonds is 5. The first kappa shape index (κ1) is 18.4. The Kier molecular flexibility index (Phi) is 4.95. The molecule has 1 aliphatic rings. The van der Waals surface area contributed by atoms with E-state index in [1.165, 1.54) is 6.07 Å². The average Bonchev–Trinajstić information content (AvgIpc) is 3.22. The Bertz CT molecular complexity index is 1030. The van der Waals surface area contributed by atoms with Gasteiger partial charge < -0.3 is 4.74 Å². The molecule has 3 aromatic rings. The smallest absolute Gasteiger partial charge is 0.317 e. The monoisotopic (exact) mass is 376 g/mol. The van der Waals surface area contributed by atoms with Crippen LogP contribution in [-0.4, -0.2) is 18.4 Å². The van der Waals surface area contributed by atoms with Crippen LogP contribution in [0.25, 0.3) is 10.8 Å². The maximum Gasteiger partial charge on any atom is 0.317 e. The van der Waals surface area contributed by atoms with Gasteiger partial charge in [0.2, 0.25) is 5.78 Å². The van der Waals surface area contributed by atoms with Crippen molar-refractivity contribution in [3.05, 3.63) is 83.7 Å². The van der Waals surface area contributed by atoms with Crippen LogP contribution in [0.4, 0.5) is 4.39 Å². The molecule has 28 heavy (non-hydrogen) atoms. The summed E-state index contributed by atoms with van der Waals surface area (Å²) in [5.41, 5.74) is -0.0999. The fourth-order valence-electron chi connectivity index (χ4n) is 4.23. The summed E-state index contributed by atoms with van der Waals surface area (Å²) >= 11 is 0. The molecule has 0 bridgehead atoms. The predicted molar refractivity (Wildman–Crippen MR) is 106 cm³/mol. The van der Waals surface area contributed by atoms with E-state index in [4.69, 9.17) is 4.74 Å². The second-order valence-corrected chi connectivity index (χ2v) is 7.30. The van der Waals surface area contributed by atoms with Gasteiger partial charge in [-0.2, -0.15) is 0 Å². The third kappa shape index (κ3) is 3.19. The number of hydrogen-bond acceptors (Lipinski definition) is 3. The van der Waals surface area contributed by atoms with Crippen molar-refractivity contribution in [3.63, 3.8) is 0 Å². The van der Waals surface area contributed by atoms with Crippen LogP contribution in [0, 0.1) is 5.82 Å². The zero-order valence-corrected chi connectivity index (χ0v) is 15.5. The summed E-state index contributed by atoms with van der Waals surface area (Å²) in [6.45, 7) is -0.344. The molecule has 142 valence electrons. The summed E-state index contributed by atoms with van der Waals surface area (Å²) in [6.07, 6.45) is 2.74. The number of ether oxygens (including phenoxy) is 1. The van der Waals surface area contributed by atoms with Crippen LogP contribution in [0.2, 0.25) is 0 Å². The van der Waals surface area contributed by atoms with Crippen LogP contribution in [-0.2, 0) is 14.9 Å². The van der Waals surface area contributed by atoms with E-state index in [-0.39, 0.29) is 12.4 Å². The van der Waals surface area contributed by atoms with Crippen molar-refractivity contribution >= 4 is 22.5 Å². The molecule has 0 radical (unpaired) electrons. The summed E-state index contributed by atoms with van der Waals surface area (Å²) in [7, 11) is 0. The molecule has 0 saturated heterocycles. The summed E-state index contributed by atoms with van der Waals surface area (Å²) < 4.78 is 19.9. The number of Topliss-reactive ketones (excluding diaryl/α,β-unsaturated/α-hetero) is 1. The summed E-state index contributed by atoms with van der Waals surface area (Å²) in [6, 6.07) is 19.4. The second-order valence-electron chi connectivity index (χ2n) is 7.30. The third-order valence-electron chi connectivity index (χ3n) is 5.66. The SMILES string of the molecule is O=C(COC(=O)C1(c2ccccc2F)CCCC1)c1cccc2ccccc12. The van der Waals surface area contributed by atoms with E-state index >= 15 is 0 Å². The van der Waals surface area contributed by atoms with Gasteiger partial charge >= 0.3 is 5.97 Å². The fourth-order valence-corrected chi connectivity index (χ4v) is 4.23. The van der Waals surface area contributed by atoms with Crippen LogP contribution >= 0.6 is 0 Å². The number of fused-ring (bicyclic) bond motifs is 1. The van der Waals surface area contributed by atoms with Gasteiger partial charge in [0.05, 0.1) is 5.41 Å². The van der Waals surface area contributed by atoms with Crippen LogP contribution in [0.5, 0.6) is 0 Å². The molecule has 0 N–H and O–H groups in total. The Labute approximate surface area is 163 Å². The normalized spacial score (nSPS) is 15.5. The van der Waals surface area contributed by atoms with Gasteiger partial charge in [-0.1, -0.05) is 73.5 Å². The zero-order chi connectivity index (χ0) is 19.6. The fraction of sp³-hybridized carbons (Fsp3) is 0.250. The first-order valence-electron chi connectivity index (χ1n) is 9.55. The minimum atomic E-state index is -0.996. The Morgan fingerprint density at radius 1 is 0.893 bits per heavy atom. The van der Waals surface area contributed by atoms with Crippen molar-refractivity contribution in [2.24, 2.45) is 0 Å². The highest BCUT2D eigenvalue weighted by molar-refractivity contribution is 6.09. The van der Waals surface area contributed by atoms with E-state index in [0.717, 1.165) is 23.6 Å². The van der Waals surface area contributed by atoms with Crippen molar-refractivity contribution in [1.82, 2.24) is 0 Å². The third-order valence-corrected chi connectivity index (χ3v) is 5.66. The van der Waals surface area contributed by atoms with Gasteiger partial charge in [0.15, 0.2) is 6.61 Å². The van der Waals surface area contributed by atoms with Gasteiger partial charge in [-0.3, -0.25) is 9.59 Å². The van der Waals surface area contributed by atoms with Gasteiger partial charge in [0.25, 0.3) is 0 Å². The lowest BCUT2D eigenvalue weighted by Gasteiger charge is -2.27. The van der Waals surface area contributed by atoms with Crippen molar-refractivity contribution < 1.29 is 18.7 Å². The van der Waals surface area contributed by atoms with Gasteiger partial charge in [0.1, 0.15) is 5.82 Å².